The number of ether oxygens (including phenoxy) is 1. The number of rotatable bonds is 10. The molecular weight excluding hydrogens is 409 g/mol. The third-order valence-electron chi connectivity index (χ3n) is 6.12. The standard InChI is InChI=1S/C30H32FNO/c1-3-5-6-7-8-19-33-27-16-13-24(14-17-27)23-9-11-25(12-10-23)30-20-22(4-2)28-21-26(31)15-18-29(28)32-30/h9-18,20-21H,3-8,19H2,1-2H3. The van der Waals surface area contributed by atoms with E-state index in [1.165, 1.54) is 31.7 Å². The number of hydrogen-bond acceptors (Lipinski definition) is 2. The first kappa shape index (κ1) is 23.0. The van der Waals surface area contributed by atoms with Crippen LogP contribution in [0.5, 0.6) is 5.75 Å². The summed E-state index contributed by atoms with van der Waals surface area (Å²) in [6.45, 7) is 5.10. The third-order valence-corrected chi connectivity index (χ3v) is 6.12. The Bertz CT molecular complexity index is 1180. The first-order valence-electron chi connectivity index (χ1n) is 12.1. The van der Waals surface area contributed by atoms with Crippen molar-refractivity contribution >= 4 is 10.9 Å². The van der Waals surface area contributed by atoms with Gasteiger partial charge in [-0.05, 0) is 65.9 Å². The van der Waals surface area contributed by atoms with Crippen LogP contribution in [0.3, 0.4) is 0 Å². The van der Waals surface area contributed by atoms with Gasteiger partial charge in [-0.3, -0.25) is 0 Å². The van der Waals surface area contributed by atoms with Crippen molar-refractivity contribution in [3.63, 3.8) is 0 Å². The van der Waals surface area contributed by atoms with Gasteiger partial charge in [0.05, 0.1) is 17.8 Å². The van der Waals surface area contributed by atoms with Gasteiger partial charge in [-0.15, -0.1) is 0 Å². The van der Waals surface area contributed by atoms with Crippen molar-refractivity contribution in [1.29, 1.82) is 0 Å². The van der Waals surface area contributed by atoms with Crippen molar-refractivity contribution in [2.75, 3.05) is 6.61 Å². The lowest BCUT2D eigenvalue weighted by atomic mass is 10.00. The number of aromatic nitrogens is 1. The monoisotopic (exact) mass is 441 g/mol. The largest absolute Gasteiger partial charge is 0.494 e. The van der Waals surface area contributed by atoms with E-state index in [1.54, 1.807) is 12.1 Å². The number of benzene rings is 3. The predicted molar refractivity (Wildman–Crippen MR) is 136 cm³/mol. The molecule has 33 heavy (non-hydrogen) atoms. The van der Waals surface area contributed by atoms with Gasteiger partial charge < -0.3 is 4.74 Å². The summed E-state index contributed by atoms with van der Waals surface area (Å²) < 4.78 is 19.6. The van der Waals surface area contributed by atoms with Crippen LogP contribution in [0.1, 0.15) is 51.5 Å². The molecule has 1 aromatic heterocycles. The summed E-state index contributed by atoms with van der Waals surface area (Å²) in [6.07, 6.45) is 7.05. The van der Waals surface area contributed by atoms with E-state index >= 15 is 0 Å². The summed E-state index contributed by atoms with van der Waals surface area (Å²) in [5, 5.41) is 0.890. The molecule has 3 aromatic carbocycles. The van der Waals surface area contributed by atoms with E-state index in [0.29, 0.717) is 0 Å². The van der Waals surface area contributed by atoms with Crippen LogP contribution in [0.15, 0.2) is 72.8 Å². The van der Waals surface area contributed by atoms with Gasteiger partial charge >= 0.3 is 0 Å². The van der Waals surface area contributed by atoms with E-state index in [4.69, 9.17) is 9.72 Å². The van der Waals surface area contributed by atoms with Crippen LogP contribution in [0.4, 0.5) is 4.39 Å². The molecule has 0 radical (unpaired) electrons. The lowest BCUT2D eigenvalue weighted by molar-refractivity contribution is 0.304. The Hall–Kier alpha value is -3.20. The molecule has 0 spiro atoms. The topological polar surface area (TPSA) is 22.1 Å². The van der Waals surface area contributed by atoms with E-state index in [0.717, 1.165) is 64.0 Å². The zero-order valence-corrected chi connectivity index (χ0v) is 19.6. The molecule has 2 nitrogen and oxygen atoms in total. The van der Waals surface area contributed by atoms with E-state index in [2.05, 4.69) is 56.3 Å². The highest BCUT2D eigenvalue weighted by molar-refractivity contribution is 5.85. The van der Waals surface area contributed by atoms with Gasteiger partial charge in [0.2, 0.25) is 0 Å². The fourth-order valence-corrected chi connectivity index (χ4v) is 4.18. The zero-order chi connectivity index (χ0) is 23.0. The average molecular weight is 442 g/mol. The minimum Gasteiger partial charge on any atom is -0.494 e. The maximum atomic E-state index is 13.7. The molecule has 0 saturated carbocycles. The fourth-order valence-electron chi connectivity index (χ4n) is 4.18. The molecule has 0 atom stereocenters. The van der Waals surface area contributed by atoms with Crippen LogP contribution in [0, 0.1) is 5.82 Å². The number of halogens is 1. The SMILES string of the molecule is CCCCCCCOc1ccc(-c2ccc(-c3cc(CC)c4cc(F)ccc4n3)cc2)cc1. The molecule has 0 aliphatic rings. The molecule has 170 valence electrons. The van der Waals surface area contributed by atoms with Gasteiger partial charge in [0.15, 0.2) is 0 Å². The Morgan fingerprint density at radius 2 is 1.39 bits per heavy atom. The van der Waals surface area contributed by atoms with Crippen molar-refractivity contribution in [3.05, 3.63) is 84.2 Å². The van der Waals surface area contributed by atoms with Crippen LogP contribution in [0.2, 0.25) is 0 Å². The molecule has 0 N–H and O–H groups in total. The van der Waals surface area contributed by atoms with Gasteiger partial charge in [0.1, 0.15) is 11.6 Å². The van der Waals surface area contributed by atoms with E-state index < -0.39 is 0 Å². The molecule has 0 fully saturated rings. The molecule has 0 unspecified atom stereocenters. The highest BCUT2D eigenvalue weighted by Gasteiger charge is 2.08. The molecular formula is C30H32FNO. The summed E-state index contributed by atoms with van der Waals surface area (Å²) >= 11 is 0. The van der Waals surface area contributed by atoms with Crippen LogP contribution in [-0.2, 0) is 6.42 Å². The Balaban J connectivity index is 1.45. The zero-order valence-electron chi connectivity index (χ0n) is 19.6. The second-order valence-corrected chi connectivity index (χ2v) is 8.55. The van der Waals surface area contributed by atoms with Crippen molar-refractivity contribution in [2.24, 2.45) is 0 Å². The Kier molecular flexibility index (Phi) is 7.72. The lowest BCUT2D eigenvalue weighted by Crippen LogP contribution is -1.97. The smallest absolute Gasteiger partial charge is 0.123 e. The molecule has 0 aliphatic heterocycles. The third kappa shape index (κ3) is 5.78. The second kappa shape index (κ2) is 11.1. The quantitative estimate of drug-likeness (QED) is 0.230. The van der Waals surface area contributed by atoms with Crippen molar-refractivity contribution in [1.82, 2.24) is 4.98 Å². The summed E-state index contributed by atoms with van der Waals surface area (Å²) in [5.41, 5.74) is 6.23. The first-order valence-corrected chi connectivity index (χ1v) is 12.1. The normalized spacial score (nSPS) is 11.1. The Morgan fingerprint density at radius 3 is 2.09 bits per heavy atom. The highest BCUT2D eigenvalue weighted by Crippen LogP contribution is 2.29. The number of hydrogen-bond donors (Lipinski definition) is 0. The van der Waals surface area contributed by atoms with Gasteiger partial charge in [-0.25, -0.2) is 9.37 Å². The summed E-state index contributed by atoms with van der Waals surface area (Å²) in [7, 11) is 0. The molecule has 0 bridgehead atoms. The van der Waals surface area contributed by atoms with Crippen molar-refractivity contribution in [3.8, 4) is 28.1 Å². The maximum absolute atomic E-state index is 13.7. The maximum Gasteiger partial charge on any atom is 0.123 e. The van der Waals surface area contributed by atoms with E-state index in [9.17, 15) is 4.39 Å². The predicted octanol–water partition coefficient (Wildman–Crippen LogP) is 8.62. The van der Waals surface area contributed by atoms with Crippen LogP contribution < -0.4 is 4.74 Å². The number of unbranched alkanes of at least 4 members (excludes halogenated alkanes) is 4. The van der Waals surface area contributed by atoms with Gasteiger partial charge in [0.25, 0.3) is 0 Å². The fraction of sp³-hybridized carbons (Fsp3) is 0.300. The highest BCUT2D eigenvalue weighted by atomic mass is 19.1. The van der Waals surface area contributed by atoms with Crippen LogP contribution in [-0.4, -0.2) is 11.6 Å². The average Bonchev–Trinajstić information content (AvgIpc) is 2.86. The Morgan fingerprint density at radius 1 is 0.727 bits per heavy atom. The molecule has 4 aromatic rings. The summed E-state index contributed by atoms with van der Waals surface area (Å²) in [5.74, 6) is 0.703. The number of fused-ring (bicyclic) bond motifs is 1. The first-order chi connectivity index (χ1) is 16.2. The van der Waals surface area contributed by atoms with Gasteiger partial charge in [-0.2, -0.15) is 0 Å². The molecule has 3 heteroatoms. The van der Waals surface area contributed by atoms with Gasteiger partial charge in [0, 0.05) is 10.9 Å². The molecule has 0 saturated heterocycles. The van der Waals surface area contributed by atoms with Crippen molar-refractivity contribution in [2.45, 2.75) is 52.4 Å². The minimum absolute atomic E-state index is 0.223. The molecule has 1 heterocycles. The van der Waals surface area contributed by atoms with Gasteiger partial charge in [-0.1, -0.05) is 75.9 Å². The molecule has 4 rings (SSSR count). The van der Waals surface area contributed by atoms with Crippen molar-refractivity contribution < 1.29 is 9.13 Å². The number of nitrogens with zero attached hydrogens (tertiary/aromatic N) is 1. The molecule has 0 amide bonds. The minimum atomic E-state index is -0.223. The van der Waals surface area contributed by atoms with Crippen LogP contribution in [0.25, 0.3) is 33.3 Å². The second-order valence-electron chi connectivity index (χ2n) is 8.55. The Labute approximate surface area is 196 Å². The van der Waals surface area contributed by atoms with E-state index in [1.807, 2.05) is 12.1 Å². The molecule has 0 aliphatic carbocycles. The lowest BCUT2D eigenvalue weighted by Gasteiger charge is -2.10. The summed E-state index contributed by atoms with van der Waals surface area (Å²) in [4.78, 5) is 4.78. The number of pyridine rings is 1. The number of aryl methyl sites for hydroxylation is 1. The van der Waals surface area contributed by atoms with Crippen LogP contribution >= 0.6 is 0 Å². The van der Waals surface area contributed by atoms with E-state index in [-0.39, 0.29) is 5.82 Å². The summed E-state index contributed by atoms with van der Waals surface area (Å²) in [6, 6.07) is 23.7.